The molecule has 0 saturated carbocycles. The van der Waals surface area contributed by atoms with Crippen LogP contribution in [0.5, 0.6) is 0 Å². The Morgan fingerprint density at radius 3 is 2.14 bits per heavy atom. The molecule has 5 aromatic carbocycles. The highest BCUT2D eigenvalue weighted by atomic mass is 14.9. The van der Waals surface area contributed by atoms with Crippen LogP contribution < -0.4 is 0 Å². The molecular weight excluding hydrogens is 520 g/mol. The van der Waals surface area contributed by atoms with Crippen molar-refractivity contribution in [3.63, 3.8) is 0 Å². The van der Waals surface area contributed by atoms with E-state index < -0.39 is 0 Å². The second-order valence-electron chi connectivity index (χ2n) is 10.4. The molecule has 206 valence electrons. The molecule has 0 spiro atoms. The first-order valence-corrected chi connectivity index (χ1v) is 14.5. The Bertz CT molecular complexity index is 1980. The van der Waals surface area contributed by atoms with Gasteiger partial charge < -0.3 is 0 Å². The van der Waals surface area contributed by atoms with E-state index in [9.17, 15) is 0 Å². The lowest BCUT2D eigenvalue weighted by molar-refractivity contribution is 1.40. The van der Waals surface area contributed by atoms with E-state index in [1.54, 1.807) is 0 Å². The molecule has 0 saturated heterocycles. The fourth-order valence-electron chi connectivity index (χ4n) is 5.17. The molecule has 0 bridgehead atoms. The summed E-state index contributed by atoms with van der Waals surface area (Å²) in [5.74, 6) is 0.612. The van der Waals surface area contributed by atoms with Gasteiger partial charge in [-0.3, -0.25) is 0 Å². The minimum Gasteiger partial charge on any atom is -0.233 e. The van der Waals surface area contributed by atoms with Crippen LogP contribution in [-0.4, -0.2) is 11.5 Å². The van der Waals surface area contributed by atoms with E-state index in [1.165, 1.54) is 16.3 Å². The summed E-state index contributed by atoms with van der Waals surface area (Å²) >= 11 is 0. The zero-order valence-corrected chi connectivity index (χ0v) is 24.2. The van der Waals surface area contributed by atoms with Crippen molar-refractivity contribution in [3.05, 3.63) is 181 Å². The van der Waals surface area contributed by atoms with Crippen molar-refractivity contribution in [1.29, 1.82) is 0 Å². The molecule has 1 aliphatic rings. The summed E-state index contributed by atoms with van der Waals surface area (Å²) in [6.07, 6.45) is 11.5. The van der Waals surface area contributed by atoms with Crippen molar-refractivity contribution < 1.29 is 0 Å². The highest BCUT2D eigenvalue weighted by molar-refractivity contribution is 6.14. The Kier molecular flexibility index (Phi) is 8.32. The molecule has 0 heterocycles. The van der Waals surface area contributed by atoms with Crippen LogP contribution in [0.4, 0.5) is 0 Å². The molecule has 0 aliphatic heterocycles. The largest absolute Gasteiger partial charge is 0.233 e. The van der Waals surface area contributed by atoms with Crippen molar-refractivity contribution >= 4 is 28.0 Å². The lowest BCUT2D eigenvalue weighted by Gasteiger charge is -2.10. The topological polar surface area (TPSA) is 24.7 Å². The molecule has 0 unspecified atom stereocenters. The lowest BCUT2D eigenvalue weighted by Crippen LogP contribution is -2.05. The second-order valence-corrected chi connectivity index (χ2v) is 10.4. The van der Waals surface area contributed by atoms with Crippen molar-refractivity contribution in [2.24, 2.45) is 9.98 Å². The Hall–Kier alpha value is -5.56. The van der Waals surface area contributed by atoms with Crippen LogP contribution in [0.15, 0.2) is 180 Å². The number of rotatable bonds is 6. The predicted molar refractivity (Wildman–Crippen MR) is 184 cm³/mol. The van der Waals surface area contributed by atoms with Crippen molar-refractivity contribution in [2.75, 3.05) is 0 Å². The summed E-state index contributed by atoms with van der Waals surface area (Å²) in [5.41, 5.74) is 12.1. The lowest BCUT2D eigenvalue weighted by atomic mass is 9.99. The van der Waals surface area contributed by atoms with Gasteiger partial charge in [-0.15, -0.1) is 5.73 Å². The highest BCUT2D eigenvalue weighted by Gasteiger charge is 2.11. The van der Waals surface area contributed by atoms with E-state index in [2.05, 4.69) is 158 Å². The average Bonchev–Trinajstić information content (AvgIpc) is 3.37. The maximum absolute atomic E-state index is 5.10. The first-order valence-electron chi connectivity index (χ1n) is 14.5. The van der Waals surface area contributed by atoms with Crippen molar-refractivity contribution in [1.82, 2.24) is 0 Å². The van der Waals surface area contributed by atoms with Crippen LogP contribution in [0.1, 0.15) is 24.5 Å². The molecular formula is C41H32N2. The third kappa shape index (κ3) is 6.52. The summed E-state index contributed by atoms with van der Waals surface area (Å²) in [5, 5.41) is 2.44. The number of amidine groups is 1. The number of aliphatic imine (C=N–C) groups is 2. The Morgan fingerprint density at radius 1 is 0.628 bits per heavy atom. The van der Waals surface area contributed by atoms with E-state index in [0.29, 0.717) is 11.5 Å². The number of nitrogens with zero attached hydrogens (tertiary/aromatic N) is 2. The number of hydrogen-bond donors (Lipinski definition) is 0. The Morgan fingerprint density at radius 2 is 1.33 bits per heavy atom. The minimum absolute atomic E-state index is 0.612. The van der Waals surface area contributed by atoms with Crippen molar-refractivity contribution in [3.8, 4) is 22.3 Å². The van der Waals surface area contributed by atoms with Gasteiger partial charge in [-0.25, -0.2) is 9.98 Å². The zero-order chi connectivity index (χ0) is 29.4. The van der Waals surface area contributed by atoms with Gasteiger partial charge in [0, 0.05) is 16.8 Å². The fourth-order valence-corrected chi connectivity index (χ4v) is 5.17. The van der Waals surface area contributed by atoms with Gasteiger partial charge in [0.2, 0.25) is 0 Å². The van der Waals surface area contributed by atoms with Gasteiger partial charge in [0.15, 0.2) is 5.84 Å². The van der Waals surface area contributed by atoms with Gasteiger partial charge in [0.1, 0.15) is 5.70 Å². The van der Waals surface area contributed by atoms with Crippen molar-refractivity contribution in [2.45, 2.75) is 13.3 Å². The first-order chi connectivity index (χ1) is 21.2. The van der Waals surface area contributed by atoms with Crippen LogP contribution in [0.3, 0.4) is 0 Å². The van der Waals surface area contributed by atoms with E-state index in [0.717, 1.165) is 45.5 Å². The molecule has 1 aliphatic carbocycles. The van der Waals surface area contributed by atoms with Crippen LogP contribution in [-0.2, 0) is 0 Å². The van der Waals surface area contributed by atoms with Gasteiger partial charge in [0.05, 0.1) is 0 Å². The van der Waals surface area contributed by atoms with Crippen LogP contribution in [0.2, 0.25) is 0 Å². The predicted octanol–water partition coefficient (Wildman–Crippen LogP) is 10.6. The minimum atomic E-state index is 0.612. The second kappa shape index (κ2) is 13.0. The fraction of sp³-hybridized carbons (Fsp3) is 0.0488. The quantitative estimate of drug-likeness (QED) is 0.114. The van der Waals surface area contributed by atoms with Crippen LogP contribution in [0.25, 0.3) is 38.7 Å². The third-order valence-electron chi connectivity index (χ3n) is 7.53. The monoisotopic (exact) mass is 552 g/mol. The van der Waals surface area contributed by atoms with Gasteiger partial charge in [0.25, 0.3) is 0 Å². The van der Waals surface area contributed by atoms with Crippen LogP contribution >= 0.6 is 0 Å². The standard InChI is InChI=1S/C41H32N2/c1-3-40(35-25-22-34(23-26-35)32-16-9-6-10-17-32)43-41(42-30(2)31-14-7-4-5-8-15-31)39-21-13-20-37(29-39)38-27-24-33-18-11-12-19-36(33)28-38/h4,6-29H,1,5H2,2H3/b42-30+,43-41-. The van der Waals surface area contributed by atoms with E-state index in [4.69, 9.17) is 9.98 Å². The molecule has 5 aromatic rings. The van der Waals surface area contributed by atoms with E-state index >= 15 is 0 Å². The molecule has 0 amide bonds. The molecule has 2 nitrogen and oxygen atoms in total. The number of hydrogen-bond acceptors (Lipinski definition) is 1. The molecule has 0 atom stereocenters. The molecule has 6 rings (SSSR count). The molecule has 0 radical (unpaired) electrons. The summed E-state index contributed by atoms with van der Waals surface area (Å²) in [4.78, 5) is 10.2. The Labute approximate surface area is 253 Å². The summed E-state index contributed by atoms with van der Waals surface area (Å²) < 4.78 is 0. The van der Waals surface area contributed by atoms with E-state index in [-0.39, 0.29) is 0 Å². The van der Waals surface area contributed by atoms with Gasteiger partial charge in [-0.1, -0.05) is 146 Å². The third-order valence-corrected chi connectivity index (χ3v) is 7.53. The number of benzene rings is 5. The molecule has 0 N–H and O–H groups in total. The van der Waals surface area contributed by atoms with E-state index in [1.807, 2.05) is 13.0 Å². The number of allylic oxidation sites excluding steroid dienone is 6. The SMILES string of the molecule is C=C=C(/N=C(\N=C(/C)C1=CC=CCC=C1)c1cccc(-c2ccc3ccccc3c2)c1)c1ccc(-c2ccccc2)cc1. The molecule has 0 aromatic heterocycles. The summed E-state index contributed by atoms with van der Waals surface area (Å²) in [6, 6.07) is 42.2. The normalized spacial score (nSPS) is 13.4. The molecule has 0 fully saturated rings. The van der Waals surface area contributed by atoms with Gasteiger partial charge >= 0.3 is 0 Å². The smallest absolute Gasteiger partial charge is 0.160 e. The molecule has 2 heteroatoms. The summed E-state index contributed by atoms with van der Waals surface area (Å²) in [7, 11) is 0. The Balaban J connectivity index is 1.42. The maximum atomic E-state index is 5.10. The average molecular weight is 553 g/mol. The zero-order valence-electron chi connectivity index (χ0n) is 24.2. The van der Waals surface area contributed by atoms with Crippen LogP contribution in [0, 0.1) is 0 Å². The summed E-state index contributed by atoms with van der Waals surface area (Å²) in [6.45, 7) is 6.02. The van der Waals surface area contributed by atoms with Gasteiger partial charge in [-0.2, -0.15) is 0 Å². The maximum Gasteiger partial charge on any atom is 0.160 e. The number of fused-ring (bicyclic) bond motifs is 1. The van der Waals surface area contributed by atoms with Gasteiger partial charge in [-0.05, 0) is 64.1 Å². The first kappa shape index (κ1) is 27.6. The highest BCUT2D eigenvalue weighted by Crippen LogP contribution is 2.27. The molecule has 43 heavy (non-hydrogen) atoms.